The Morgan fingerprint density at radius 2 is 1.63 bits per heavy atom. The van der Waals surface area contributed by atoms with Gasteiger partial charge in [-0.25, -0.2) is 4.79 Å². The molecule has 0 spiro atoms. The van der Waals surface area contributed by atoms with Crippen molar-refractivity contribution in [1.29, 1.82) is 0 Å². The third-order valence-corrected chi connectivity index (χ3v) is 5.99. The van der Waals surface area contributed by atoms with Gasteiger partial charge in [0, 0.05) is 19.6 Å². The minimum absolute atomic E-state index is 0.132. The first kappa shape index (κ1) is 22.0. The second kappa shape index (κ2) is 10.4. The molecule has 160 valence electrons. The standard InChI is InChI=1S/C25H32N2O3/c1-3-30-24(29)25(26-23(28)20(2)22-12-8-5-9-13-22)15-18-27(19-16-25)17-14-21-10-6-4-7-11-21/h4-13,20H,3,14-19H2,1-2H3,(H,26,28). The van der Waals surface area contributed by atoms with Crippen LogP contribution in [0.5, 0.6) is 0 Å². The summed E-state index contributed by atoms with van der Waals surface area (Å²) < 4.78 is 5.36. The van der Waals surface area contributed by atoms with Gasteiger partial charge in [0.05, 0.1) is 12.5 Å². The number of carbonyl (C=O) groups is 2. The fraction of sp³-hybridized carbons (Fsp3) is 0.440. The Bertz CT molecular complexity index is 815. The maximum atomic E-state index is 13.0. The zero-order chi connectivity index (χ0) is 21.4. The van der Waals surface area contributed by atoms with Gasteiger partial charge in [0.15, 0.2) is 0 Å². The summed E-state index contributed by atoms with van der Waals surface area (Å²) in [4.78, 5) is 28.2. The SMILES string of the molecule is CCOC(=O)C1(NC(=O)C(C)c2ccccc2)CCN(CCc2ccccc2)CC1. The summed E-state index contributed by atoms with van der Waals surface area (Å²) in [6, 6.07) is 20.1. The van der Waals surface area contributed by atoms with E-state index in [1.165, 1.54) is 5.56 Å². The van der Waals surface area contributed by atoms with Crippen molar-refractivity contribution in [3.8, 4) is 0 Å². The number of ether oxygens (including phenoxy) is 1. The molecule has 3 rings (SSSR count). The third kappa shape index (κ3) is 5.48. The molecule has 1 saturated heterocycles. The Morgan fingerprint density at radius 3 is 2.23 bits per heavy atom. The van der Waals surface area contributed by atoms with E-state index in [4.69, 9.17) is 4.74 Å². The molecule has 0 aromatic heterocycles. The molecule has 0 radical (unpaired) electrons. The predicted molar refractivity (Wildman–Crippen MR) is 118 cm³/mol. The molecule has 1 N–H and O–H groups in total. The molecular weight excluding hydrogens is 376 g/mol. The smallest absolute Gasteiger partial charge is 0.331 e. The van der Waals surface area contributed by atoms with Gasteiger partial charge in [-0.1, -0.05) is 60.7 Å². The number of piperidine rings is 1. The monoisotopic (exact) mass is 408 g/mol. The van der Waals surface area contributed by atoms with Gasteiger partial charge in [0.25, 0.3) is 0 Å². The molecule has 1 aliphatic rings. The van der Waals surface area contributed by atoms with E-state index in [2.05, 4.69) is 34.5 Å². The lowest BCUT2D eigenvalue weighted by Gasteiger charge is -2.40. The molecule has 0 saturated carbocycles. The van der Waals surface area contributed by atoms with E-state index in [-0.39, 0.29) is 17.8 Å². The summed E-state index contributed by atoms with van der Waals surface area (Å²) in [5.74, 6) is -0.776. The number of carbonyl (C=O) groups excluding carboxylic acids is 2. The van der Waals surface area contributed by atoms with Crippen LogP contribution in [-0.4, -0.2) is 48.6 Å². The minimum atomic E-state index is -0.945. The summed E-state index contributed by atoms with van der Waals surface area (Å²) in [5.41, 5.74) is 1.30. The Hall–Kier alpha value is -2.66. The van der Waals surface area contributed by atoms with Gasteiger partial charge in [0.2, 0.25) is 5.91 Å². The van der Waals surface area contributed by atoms with Crippen molar-refractivity contribution < 1.29 is 14.3 Å². The number of hydrogen-bond acceptors (Lipinski definition) is 4. The molecule has 2 aromatic rings. The summed E-state index contributed by atoms with van der Waals surface area (Å²) in [7, 11) is 0. The van der Waals surface area contributed by atoms with Crippen molar-refractivity contribution in [2.45, 2.75) is 44.6 Å². The molecule has 5 nitrogen and oxygen atoms in total. The number of rotatable bonds is 8. The number of esters is 1. The molecule has 1 unspecified atom stereocenters. The zero-order valence-electron chi connectivity index (χ0n) is 18.0. The maximum absolute atomic E-state index is 13.0. The van der Waals surface area contributed by atoms with Gasteiger partial charge in [-0.3, -0.25) is 4.79 Å². The van der Waals surface area contributed by atoms with Gasteiger partial charge in [-0.2, -0.15) is 0 Å². The van der Waals surface area contributed by atoms with E-state index in [0.717, 1.165) is 31.6 Å². The van der Waals surface area contributed by atoms with Crippen molar-refractivity contribution in [1.82, 2.24) is 10.2 Å². The van der Waals surface area contributed by atoms with Crippen LogP contribution in [0.25, 0.3) is 0 Å². The van der Waals surface area contributed by atoms with Crippen LogP contribution in [0.3, 0.4) is 0 Å². The van der Waals surface area contributed by atoms with Crippen molar-refractivity contribution in [2.75, 3.05) is 26.2 Å². The molecule has 1 atom stereocenters. The van der Waals surface area contributed by atoms with E-state index >= 15 is 0 Å². The van der Waals surface area contributed by atoms with Crippen LogP contribution in [0, 0.1) is 0 Å². The fourth-order valence-electron chi connectivity index (χ4n) is 3.98. The van der Waals surface area contributed by atoms with Crippen molar-refractivity contribution >= 4 is 11.9 Å². The van der Waals surface area contributed by atoms with E-state index in [1.54, 1.807) is 6.92 Å². The highest BCUT2D eigenvalue weighted by Crippen LogP contribution is 2.26. The van der Waals surface area contributed by atoms with Crippen molar-refractivity contribution in [2.24, 2.45) is 0 Å². The highest BCUT2D eigenvalue weighted by atomic mass is 16.5. The van der Waals surface area contributed by atoms with Crippen LogP contribution in [-0.2, 0) is 20.7 Å². The molecule has 1 aliphatic heterocycles. The second-order valence-corrected chi connectivity index (χ2v) is 8.00. The van der Waals surface area contributed by atoms with E-state index in [0.29, 0.717) is 19.4 Å². The summed E-state index contributed by atoms with van der Waals surface area (Å²) in [6.07, 6.45) is 2.10. The van der Waals surface area contributed by atoms with Gasteiger partial charge < -0.3 is 15.0 Å². The van der Waals surface area contributed by atoms with Crippen LogP contribution in [0.1, 0.15) is 43.7 Å². The molecule has 0 bridgehead atoms. The van der Waals surface area contributed by atoms with Gasteiger partial charge in [-0.05, 0) is 44.2 Å². The fourth-order valence-corrected chi connectivity index (χ4v) is 3.98. The number of likely N-dealkylation sites (tertiary alicyclic amines) is 1. The maximum Gasteiger partial charge on any atom is 0.331 e. The number of nitrogens with zero attached hydrogens (tertiary/aromatic N) is 1. The first-order valence-electron chi connectivity index (χ1n) is 10.8. The summed E-state index contributed by atoms with van der Waals surface area (Å²) in [5, 5.41) is 3.07. The van der Waals surface area contributed by atoms with Crippen LogP contribution in [0.4, 0.5) is 0 Å². The molecule has 1 fully saturated rings. The van der Waals surface area contributed by atoms with Crippen LogP contribution in [0.2, 0.25) is 0 Å². The van der Waals surface area contributed by atoms with Gasteiger partial charge in [0.1, 0.15) is 5.54 Å². The third-order valence-electron chi connectivity index (χ3n) is 5.99. The zero-order valence-corrected chi connectivity index (χ0v) is 18.0. The number of benzene rings is 2. The largest absolute Gasteiger partial charge is 0.464 e. The molecule has 30 heavy (non-hydrogen) atoms. The highest BCUT2D eigenvalue weighted by molar-refractivity contribution is 5.91. The van der Waals surface area contributed by atoms with E-state index < -0.39 is 5.54 Å². The molecule has 0 aliphatic carbocycles. The average molecular weight is 409 g/mol. The van der Waals surface area contributed by atoms with Crippen LogP contribution >= 0.6 is 0 Å². The molecular formula is C25H32N2O3. The Balaban J connectivity index is 1.63. The van der Waals surface area contributed by atoms with Crippen molar-refractivity contribution in [3.05, 3.63) is 71.8 Å². The van der Waals surface area contributed by atoms with Gasteiger partial charge >= 0.3 is 5.97 Å². The van der Waals surface area contributed by atoms with Gasteiger partial charge in [-0.15, -0.1) is 0 Å². The lowest BCUT2D eigenvalue weighted by atomic mass is 9.86. The highest BCUT2D eigenvalue weighted by Gasteiger charge is 2.44. The first-order valence-corrected chi connectivity index (χ1v) is 10.8. The molecule has 2 aromatic carbocycles. The van der Waals surface area contributed by atoms with E-state index in [1.807, 2.05) is 43.3 Å². The molecule has 1 amide bonds. The number of nitrogens with one attached hydrogen (secondary N) is 1. The Labute approximate surface area is 179 Å². The Morgan fingerprint density at radius 1 is 1.03 bits per heavy atom. The Kier molecular flexibility index (Phi) is 7.63. The number of amides is 1. The lowest BCUT2D eigenvalue weighted by Crippen LogP contribution is -2.61. The first-order chi connectivity index (χ1) is 14.5. The average Bonchev–Trinajstić information content (AvgIpc) is 2.79. The van der Waals surface area contributed by atoms with E-state index in [9.17, 15) is 9.59 Å². The van der Waals surface area contributed by atoms with Crippen LogP contribution in [0.15, 0.2) is 60.7 Å². The topological polar surface area (TPSA) is 58.6 Å². The van der Waals surface area contributed by atoms with Crippen LogP contribution < -0.4 is 5.32 Å². The summed E-state index contributed by atoms with van der Waals surface area (Å²) >= 11 is 0. The molecule has 1 heterocycles. The quantitative estimate of drug-likeness (QED) is 0.679. The lowest BCUT2D eigenvalue weighted by molar-refractivity contribution is -0.156. The normalized spacial score (nSPS) is 17.1. The summed E-state index contributed by atoms with van der Waals surface area (Å²) in [6.45, 7) is 6.44. The molecule has 5 heteroatoms. The minimum Gasteiger partial charge on any atom is -0.464 e. The predicted octanol–water partition coefficient (Wildman–Crippen LogP) is 3.55. The number of hydrogen-bond donors (Lipinski definition) is 1. The van der Waals surface area contributed by atoms with Crippen molar-refractivity contribution in [3.63, 3.8) is 0 Å². The second-order valence-electron chi connectivity index (χ2n) is 8.00.